The molecule has 0 aliphatic heterocycles. The van der Waals surface area contributed by atoms with E-state index in [9.17, 15) is 9.18 Å². The van der Waals surface area contributed by atoms with Crippen molar-refractivity contribution in [2.75, 3.05) is 6.61 Å². The molecule has 0 aliphatic rings. The predicted molar refractivity (Wildman–Crippen MR) is 51.9 cm³/mol. The molecule has 1 unspecified atom stereocenters. The molecule has 0 spiro atoms. The van der Waals surface area contributed by atoms with Gasteiger partial charge in [-0.05, 0) is 23.8 Å². The molecule has 0 aromatic heterocycles. The van der Waals surface area contributed by atoms with E-state index in [2.05, 4.69) is 4.74 Å². The number of carbonyl (C=O) groups is 1. The number of rotatable bonds is 3. The summed E-state index contributed by atoms with van der Waals surface area (Å²) in [7, 11) is 0. The van der Waals surface area contributed by atoms with Crippen molar-refractivity contribution in [1.82, 2.24) is 0 Å². The molecule has 1 atom stereocenters. The maximum atomic E-state index is 12.9. The third kappa shape index (κ3) is 3.38. The first-order valence-electron chi connectivity index (χ1n) is 4.06. The number of ether oxygens (including phenoxy) is 1. The highest BCUT2D eigenvalue weighted by Gasteiger charge is 2.15. The van der Waals surface area contributed by atoms with Crippen molar-refractivity contribution in [2.24, 2.45) is 5.73 Å². The molecule has 0 aliphatic carbocycles. The Labute approximate surface area is 90.4 Å². The van der Waals surface area contributed by atoms with Gasteiger partial charge in [0.25, 0.3) is 0 Å². The molecular formula is C9H9ClFNO3. The van der Waals surface area contributed by atoms with Crippen LogP contribution in [0.2, 0.25) is 5.02 Å². The molecule has 0 saturated heterocycles. The van der Waals surface area contributed by atoms with Crippen LogP contribution in [0.5, 0.6) is 0 Å². The van der Waals surface area contributed by atoms with Gasteiger partial charge in [0.2, 0.25) is 0 Å². The second-order valence-corrected chi connectivity index (χ2v) is 3.25. The zero-order valence-electron chi connectivity index (χ0n) is 7.61. The second-order valence-electron chi connectivity index (χ2n) is 2.81. The van der Waals surface area contributed by atoms with Crippen LogP contribution in [0.4, 0.5) is 9.18 Å². The number of amides is 1. The molecule has 82 valence electrons. The molecule has 1 amide bonds. The summed E-state index contributed by atoms with van der Waals surface area (Å²) in [5.41, 5.74) is 5.03. The van der Waals surface area contributed by atoms with Gasteiger partial charge < -0.3 is 15.6 Å². The average molecular weight is 234 g/mol. The lowest BCUT2D eigenvalue weighted by molar-refractivity contribution is 0.0631. The highest BCUT2D eigenvalue weighted by Crippen LogP contribution is 2.22. The van der Waals surface area contributed by atoms with Gasteiger partial charge in [-0.1, -0.05) is 11.6 Å². The largest absolute Gasteiger partial charge is 0.439 e. The molecule has 6 heteroatoms. The first kappa shape index (κ1) is 11.7. The summed E-state index contributed by atoms with van der Waals surface area (Å²) in [6, 6.07) is 3.59. The van der Waals surface area contributed by atoms with Gasteiger partial charge in [0, 0.05) is 5.02 Å². The zero-order chi connectivity index (χ0) is 11.4. The van der Waals surface area contributed by atoms with Crippen LogP contribution in [0, 0.1) is 5.82 Å². The van der Waals surface area contributed by atoms with E-state index in [1.54, 1.807) is 0 Å². The van der Waals surface area contributed by atoms with Crippen molar-refractivity contribution < 1.29 is 19.0 Å². The summed E-state index contributed by atoms with van der Waals surface area (Å²) in [4.78, 5) is 10.5. The highest BCUT2D eigenvalue weighted by molar-refractivity contribution is 6.30. The molecule has 0 heterocycles. The van der Waals surface area contributed by atoms with Gasteiger partial charge in [-0.3, -0.25) is 0 Å². The number of benzene rings is 1. The van der Waals surface area contributed by atoms with Gasteiger partial charge in [0.05, 0.1) is 6.61 Å². The minimum absolute atomic E-state index is 0.150. The standard InChI is InChI=1S/C9H9ClFNO3/c10-6-1-5(2-7(11)3-6)8(4-13)15-9(12)14/h1-3,8,13H,4H2,(H2,12,14). The topological polar surface area (TPSA) is 72.6 Å². The Kier molecular flexibility index (Phi) is 3.88. The molecule has 0 bridgehead atoms. The number of halogens is 2. The van der Waals surface area contributed by atoms with Crippen LogP contribution in [0.25, 0.3) is 0 Å². The molecule has 1 rings (SSSR count). The minimum atomic E-state index is -1.05. The predicted octanol–water partition coefficient (Wildman–Crippen LogP) is 1.61. The Morgan fingerprint density at radius 3 is 2.73 bits per heavy atom. The Bertz CT molecular complexity index is 352. The van der Waals surface area contributed by atoms with Crippen molar-refractivity contribution in [3.05, 3.63) is 34.6 Å². The Morgan fingerprint density at radius 2 is 2.27 bits per heavy atom. The normalized spacial score (nSPS) is 12.2. The van der Waals surface area contributed by atoms with Gasteiger partial charge in [-0.25, -0.2) is 9.18 Å². The SMILES string of the molecule is NC(=O)OC(CO)c1cc(F)cc(Cl)c1. The third-order valence-corrected chi connectivity index (χ3v) is 1.90. The Balaban J connectivity index is 2.95. The summed E-state index contributed by atoms with van der Waals surface area (Å²) in [5.74, 6) is -0.580. The van der Waals surface area contributed by atoms with E-state index in [0.717, 1.165) is 12.1 Å². The van der Waals surface area contributed by atoms with Crippen molar-refractivity contribution in [3.8, 4) is 0 Å². The van der Waals surface area contributed by atoms with Gasteiger partial charge in [0.15, 0.2) is 6.10 Å². The van der Waals surface area contributed by atoms with Crippen LogP contribution in [0.1, 0.15) is 11.7 Å². The fourth-order valence-electron chi connectivity index (χ4n) is 1.11. The maximum absolute atomic E-state index is 12.9. The van der Waals surface area contributed by atoms with Crippen LogP contribution < -0.4 is 5.73 Å². The molecule has 1 aromatic rings. The number of hydrogen-bond donors (Lipinski definition) is 2. The van der Waals surface area contributed by atoms with Crippen molar-refractivity contribution >= 4 is 17.7 Å². The number of aliphatic hydroxyl groups excluding tert-OH is 1. The van der Waals surface area contributed by atoms with Crippen LogP contribution in [0.3, 0.4) is 0 Å². The third-order valence-electron chi connectivity index (χ3n) is 1.68. The smallest absolute Gasteiger partial charge is 0.405 e. The molecule has 0 radical (unpaired) electrons. The number of nitrogens with two attached hydrogens (primary N) is 1. The van der Waals surface area contributed by atoms with Gasteiger partial charge >= 0.3 is 6.09 Å². The number of primary amides is 1. The van der Waals surface area contributed by atoms with Gasteiger partial charge in [-0.15, -0.1) is 0 Å². The molecule has 1 aromatic carbocycles. The van der Waals surface area contributed by atoms with E-state index in [0.29, 0.717) is 0 Å². The summed E-state index contributed by atoms with van der Waals surface area (Å²) < 4.78 is 17.5. The molecular weight excluding hydrogens is 225 g/mol. The quantitative estimate of drug-likeness (QED) is 0.833. The fraction of sp³-hybridized carbons (Fsp3) is 0.222. The summed E-state index contributed by atoms with van der Waals surface area (Å²) in [6.45, 7) is -0.497. The Morgan fingerprint density at radius 1 is 1.60 bits per heavy atom. The summed E-state index contributed by atoms with van der Waals surface area (Å²) in [5, 5.41) is 9.06. The number of hydrogen-bond acceptors (Lipinski definition) is 3. The Hall–Kier alpha value is -1.33. The van der Waals surface area contributed by atoms with Gasteiger partial charge in [-0.2, -0.15) is 0 Å². The molecule has 4 nitrogen and oxygen atoms in total. The molecule has 0 saturated carbocycles. The maximum Gasteiger partial charge on any atom is 0.405 e. The van der Waals surface area contributed by atoms with Crippen LogP contribution in [-0.4, -0.2) is 17.8 Å². The van der Waals surface area contributed by atoms with Crippen molar-refractivity contribution in [3.63, 3.8) is 0 Å². The van der Waals surface area contributed by atoms with Crippen LogP contribution in [0.15, 0.2) is 18.2 Å². The van der Waals surface area contributed by atoms with Crippen LogP contribution >= 0.6 is 11.6 Å². The van der Waals surface area contributed by atoms with Crippen molar-refractivity contribution in [1.29, 1.82) is 0 Å². The molecule has 0 fully saturated rings. The summed E-state index contributed by atoms with van der Waals surface area (Å²) in [6.07, 6.45) is -2.05. The molecule has 3 N–H and O–H groups in total. The first-order valence-corrected chi connectivity index (χ1v) is 4.43. The first-order chi connectivity index (χ1) is 7.02. The van der Waals surface area contributed by atoms with E-state index < -0.39 is 24.6 Å². The van der Waals surface area contributed by atoms with E-state index in [4.69, 9.17) is 22.4 Å². The lowest BCUT2D eigenvalue weighted by Crippen LogP contribution is -2.19. The average Bonchev–Trinajstić information content (AvgIpc) is 2.12. The van der Waals surface area contributed by atoms with E-state index in [1.807, 2.05) is 0 Å². The van der Waals surface area contributed by atoms with E-state index in [-0.39, 0.29) is 10.6 Å². The second kappa shape index (κ2) is 4.95. The van der Waals surface area contributed by atoms with E-state index >= 15 is 0 Å². The number of aliphatic hydroxyl groups is 1. The zero-order valence-corrected chi connectivity index (χ0v) is 8.37. The summed E-state index contributed by atoms with van der Waals surface area (Å²) >= 11 is 5.59. The monoisotopic (exact) mass is 233 g/mol. The van der Waals surface area contributed by atoms with Gasteiger partial charge in [0.1, 0.15) is 5.82 Å². The highest BCUT2D eigenvalue weighted by atomic mass is 35.5. The minimum Gasteiger partial charge on any atom is -0.439 e. The lowest BCUT2D eigenvalue weighted by atomic mass is 10.1. The van der Waals surface area contributed by atoms with Crippen molar-refractivity contribution in [2.45, 2.75) is 6.10 Å². The van der Waals surface area contributed by atoms with E-state index in [1.165, 1.54) is 6.07 Å². The fourth-order valence-corrected chi connectivity index (χ4v) is 1.34. The lowest BCUT2D eigenvalue weighted by Gasteiger charge is -2.14. The van der Waals surface area contributed by atoms with Crippen LogP contribution in [-0.2, 0) is 4.74 Å². The number of carbonyl (C=O) groups excluding carboxylic acids is 1. The molecule has 15 heavy (non-hydrogen) atoms.